The van der Waals surface area contributed by atoms with Gasteiger partial charge in [-0.2, -0.15) is 0 Å². The van der Waals surface area contributed by atoms with Crippen LogP contribution in [-0.4, -0.2) is 30.7 Å². The predicted molar refractivity (Wildman–Crippen MR) is 148 cm³/mol. The number of likely N-dealkylation sites (tertiary alicyclic amines) is 1. The molecule has 2 fully saturated rings. The van der Waals surface area contributed by atoms with E-state index in [2.05, 4.69) is 47.3 Å². The minimum atomic E-state index is -0.121. The summed E-state index contributed by atoms with van der Waals surface area (Å²) < 4.78 is 5.00. The van der Waals surface area contributed by atoms with Gasteiger partial charge in [-0.05, 0) is 62.2 Å². The number of unbranched alkanes of at least 4 members (excludes halogenated alkanes) is 1. The van der Waals surface area contributed by atoms with Gasteiger partial charge in [0.25, 0.3) is 0 Å². The fraction of sp³-hybridized carbons (Fsp3) is 0.833. The number of amides is 1. The number of hydrogen-bond donors (Lipinski definition) is 0. The molecular weight excluding hydrogens is 406 g/mol. The Labute approximate surface area is 208 Å². The van der Waals surface area contributed by atoms with E-state index in [4.69, 9.17) is 4.74 Å². The van der Waals surface area contributed by atoms with Crippen molar-refractivity contribution in [2.75, 3.05) is 19.7 Å². The molecule has 0 aromatic carbocycles. The summed E-state index contributed by atoms with van der Waals surface area (Å²) in [5.74, 6) is 2.31. The van der Waals surface area contributed by atoms with Gasteiger partial charge in [0.2, 0.25) is 0 Å². The Bertz CT molecular complexity index is 517. The molecule has 1 unspecified atom stereocenters. The molecule has 1 saturated carbocycles. The Morgan fingerprint density at radius 2 is 1.70 bits per heavy atom. The Balaban J connectivity index is 0. The average Bonchev–Trinajstić information content (AvgIpc) is 3.24. The van der Waals surface area contributed by atoms with Crippen LogP contribution >= 0.6 is 0 Å². The molecule has 0 bridgehead atoms. The summed E-state index contributed by atoms with van der Waals surface area (Å²) in [5, 5.41) is 0. The van der Waals surface area contributed by atoms with Crippen LogP contribution in [0.25, 0.3) is 0 Å². The van der Waals surface area contributed by atoms with Gasteiger partial charge in [0, 0.05) is 13.1 Å². The zero-order valence-electron chi connectivity index (χ0n) is 24.1. The Morgan fingerprint density at radius 1 is 1.09 bits per heavy atom. The lowest BCUT2D eigenvalue weighted by Crippen LogP contribution is -2.40. The smallest absolute Gasteiger partial charge is 0.409 e. The fourth-order valence-corrected chi connectivity index (χ4v) is 5.27. The Kier molecular flexibility index (Phi) is 20.7. The lowest BCUT2D eigenvalue weighted by atomic mass is 9.62. The molecular formula is C30H59NO2. The second-order valence-corrected chi connectivity index (χ2v) is 9.57. The highest BCUT2D eigenvalue weighted by Gasteiger charge is 2.47. The third-order valence-corrected chi connectivity index (χ3v) is 6.52. The maximum atomic E-state index is 11.5. The molecule has 1 saturated heterocycles. The molecule has 1 amide bonds. The lowest BCUT2D eigenvalue weighted by Gasteiger charge is -2.43. The third kappa shape index (κ3) is 12.7. The average molecular weight is 466 g/mol. The van der Waals surface area contributed by atoms with Gasteiger partial charge >= 0.3 is 6.09 Å². The van der Waals surface area contributed by atoms with Gasteiger partial charge in [0.15, 0.2) is 0 Å². The number of carbonyl (C=O) groups excluding carboxylic acids is 1. The Morgan fingerprint density at radius 3 is 2.12 bits per heavy atom. The van der Waals surface area contributed by atoms with Gasteiger partial charge in [-0.1, -0.05) is 106 Å². The van der Waals surface area contributed by atoms with Crippen LogP contribution in [-0.2, 0) is 4.74 Å². The molecule has 0 aromatic rings. The van der Waals surface area contributed by atoms with Gasteiger partial charge < -0.3 is 9.64 Å². The molecule has 3 nitrogen and oxygen atoms in total. The summed E-state index contributed by atoms with van der Waals surface area (Å²) in [7, 11) is 0. The standard InChI is InChI=1S/C15H28.C11H19NO2.2C2H6/c1-6-9-12-14(10-7-2)15(11-8-3)13(4)5;1-3-14-10(13)12-5-4-11(8-12)6-9(2)7-11;2*1-2/h8,11,13-14H,3,6-7,9-10,12H2,1-2,4-5H3;9H,3-8H2,1-2H3;2*1-2H3/b15-11+;;;. The first-order chi connectivity index (χ1) is 15.8. The molecule has 0 radical (unpaired) electrons. The molecule has 0 aromatic heterocycles. The van der Waals surface area contributed by atoms with Crippen molar-refractivity contribution in [1.82, 2.24) is 4.90 Å². The van der Waals surface area contributed by atoms with Gasteiger partial charge in [-0.15, -0.1) is 0 Å². The molecule has 33 heavy (non-hydrogen) atoms. The van der Waals surface area contributed by atoms with E-state index in [1.54, 1.807) is 5.57 Å². The number of allylic oxidation sites excluding steroid dienone is 3. The minimum Gasteiger partial charge on any atom is -0.450 e. The maximum absolute atomic E-state index is 11.5. The van der Waals surface area contributed by atoms with Crippen LogP contribution in [0.3, 0.4) is 0 Å². The monoisotopic (exact) mass is 465 g/mol. The highest BCUT2D eigenvalue weighted by atomic mass is 16.6. The van der Waals surface area contributed by atoms with Crippen molar-refractivity contribution in [2.45, 2.75) is 121 Å². The largest absolute Gasteiger partial charge is 0.450 e. The number of ether oxygens (including phenoxy) is 1. The van der Waals surface area contributed by atoms with E-state index in [-0.39, 0.29) is 6.09 Å². The van der Waals surface area contributed by atoms with E-state index in [0.717, 1.165) is 24.9 Å². The molecule has 1 aliphatic carbocycles. The predicted octanol–water partition coefficient (Wildman–Crippen LogP) is 9.68. The van der Waals surface area contributed by atoms with Gasteiger partial charge in [0.1, 0.15) is 0 Å². The summed E-state index contributed by atoms with van der Waals surface area (Å²) in [5.41, 5.74) is 2.06. The van der Waals surface area contributed by atoms with Crippen LogP contribution in [0.1, 0.15) is 121 Å². The first-order valence-electron chi connectivity index (χ1n) is 14.1. The number of hydrogen-bond acceptors (Lipinski definition) is 2. The third-order valence-electron chi connectivity index (χ3n) is 6.52. The summed E-state index contributed by atoms with van der Waals surface area (Å²) in [6.45, 7) is 27.4. The molecule has 3 heteroatoms. The van der Waals surface area contributed by atoms with Crippen LogP contribution in [0, 0.1) is 23.2 Å². The van der Waals surface area contributed by atoms with E-state index in [9.17, 15) is 4.79 Å². The quantitative estimate of drug-likeness (QED) is 0.317. The van der Waals surface area contributed by atoms with E-state index in [1.165, 1.54) is 51.4 Å². The molecule has 1 heterocycles. The first kappa shape index (κ1) is 33.9. The van der Waals surface area contributed by atoms with E-state index >= 15 is 0 Å². The number of nitrogens with zero attached hydrogens (tertiary/aromatic N) is 1. The summed E-state index contributed by atoms with van der Waals surface area (Å²) in [6.07, 6.45) is 14.5. The molecule has 1 aliphatic heterocycles. The number of carbonyl (C=O) groups is 1. The van der Waals surface area contributed by atoms with Crippen LogP contribution in [0.4, 0.5) is 4.79 Å². The second-order valence-electron chi connectivity index (χ2n) is 9.57. The zero-order valence-corrected chi connectivity index (χ0v) is 24.1. The second kappa shape index (κ2) is 20.2. The molecule has 196 valence electrons. The van der Waals surface area contributed by atoms with Gasteiger partial charge in [-0.25, -0.2) is 4.79 Å². The van der Waals surface area contributed by atoms with Crippen molar-refractivity contribution in [3.05, 3.63) is 24.3 Å². The minimum absolute atomic E-state index is 0.121. The van der Waals surface area contributed by atoms with Crippen molar-refractivity contribution in [3.63, 3.8) is 0 Å². The van der Waals surface area contributed by atoms with Crippen molar-refractivity contribution >= 4 is 6.09 Å². The van der Waals surface area contributed by atoms with Crippen LogP contribution in [0.15, 0.2) is 24.3 Å². The normalized spacial score (nSPS) is 22.1. The van der Waals surface area contributed by atoms with Gasteiger partial charge in [0.05, 0.1) is 6.61 Å². The molecule has 0 N–H and O–H groups in total. The van der Waals surface area contributed by atoms with Crippen molar-refractivity contribution < 1.29 is 9.53 Å². The fourth-order valence-electron chi connectivity index (χ4n) is 5.27. The maximum Gasteiger partial charge on any atom is 0.409 e. The van der Waals surface area contributed by atoms with Crippen LogP contribution in [0.5, 0.6) is 0 Å². The first-order valence-corrected chi connectivity index (χ1v) is 14.1. The van der Waals surface area contributed by atoms with Gasteiger partial charge in [-0.3, -0.25) is 0 Å². The molecule has 2 aliphatic rings. The van der Waals surface area contributed by atoms with Crippen LogP contribution in [0.2, 0.25) is 0 Å². The zero-order chi connectivity index (χ0) is 25.9. The molecule has 1 atom stereocenters. The summed E-state index contributed by atoms with van der Waals surface area (Å²) in [6, 6.07) is 0. The highest BCUT2D eigenvalue weighted by Crippen LogP contribution is 2.51. The van der Waals surface area contributed by atoms with Crippen molar-refractivity contribution in [2.24, 2.45) is 23.2 Å². The van der Waals surface area contributed by atoms with E-state index in [0.29, 0.717) is 17.9 Å². The van der Waals surface area contributed by atoms with E-state index < -0.39 is 0 Å². The molecule has 1 spiro atoms. The highest BCUT2D eigenvalue weighted by molar-refractivity contribution is 5.68. The van der Waals surface area contributed by atoms with Crippen molar-refractivity contribution in [3.8, 4) is 0 Å². The topological polar surface area (TPSA) is 29.5 Å². The number of rotatable bonds is 9. The summed E-state index contributed by atoms with van der Waals surface area (Å²) in [4.78, 5) is 13.3. The lowest BCUT2D eigenvalue weighted by molar-refractivity contribution is 0.0661. The molecule has 2 rings (SSSR count). The van der Waals surface area contributed by atoms with Crippen LogP contribution < -0.4 is 0 Å². The van der Waals surface area contributed by atoms with Crippen molar-refractivity contribution in [1.29, 1.82) is 0 Å². The Hall–Kier alpha value is -1.25. The SMILES string of the molecule is C=C/C=C(\C(C)C)C(CCC)CCCC.CC.CC.CCOC(=O)N1CCC2(CC(C)C2)C1. The van der Waals surface area contributed by atoms with E-state index in [1.807, 2.05) is 45.6 Å². The summed E-state index contributed by atoms with van der Waals surface area (Å²) >= 11 is 0.